The minimum atomic E-state index is -0.434. The van der Waals surface area contributed by atoms with Gasteiger partial charge in [-0.1, -0.05) is 18.2 Å². The molecule has 1 amide bonds. The zero-order valence-electron chi connectivity index (χ0n) is 15.3. The number of nitrogens with one attached hydrogen (secondary N) is 1. The maximum Gasteiger partial charge on any atom is 0.341 e. The molecule has 1 N–H and O–H groups in total. The highest BCUT2D eigenvalue weighted by Gasteiger charge is 2.16. The molecular formula is C19H24N2O5. The van der Waals surface area contributed by atoms with Gasteiger partial charge in [0.2, 0.25) is 5.91 Å². The second-order valence-electron chi connectivity index (χ2n) is 5.86. The average molecular weight is 360 g/mol. The molecule has 0 aliphatic heterocycles. The third-order valence-electron chi connectivity index (χ3n) is 3.65. The van der Waals surface area contributed by atoms with Gasteiger partial charge in [0.15, 0.2) is 0 Å². The monoisotopic (exact) mass is 360 g/mol. The van der Waals surface area contributed by atoms with Crippen LogP contribution in [0.5, 0.6) is 5.75 Å². The van der Waals surface area contributed by atoms with Crippen molar-refractivity contribution in [1.29, 1.82) is 0 Å². The molecule has 1 aromatic carbocycles. The number of rotatable bonds is 9. The Morgan fingerprint density at radius 3 is 2.65 bits per heavy atom. The molecule has 0 aliphatic carbocycles. The Kier molecular flexibility index (Phi) is 7.23. The minimum absolute atomic E-state index is 0.111. The van der Waals surface area contributed by atoms with Crippen molar-refractivity contribution in [2.75, 3.05) is 33.9 Å². The minimum Gasteiger partial charge on any atom is -0.492 e. The van der Waals surface area contributed by atoms with E-state index in [1.165, 1.54) is 7.11 Å². The van der Waals surface area contributed by atoms with Crippen molar-refractivity contribution in [3.05, 3.63) is 53.5 Å². The Bertz CT molecular complexity index is 727. The van der Waals surface area contributed by atoms with Gasteiger partial charge in [-0.3, -0.25) is 9.69 Å². The normalized spacial score (nSPS) is 10.6. The van der Waals surface area contributed by atoms with E-state index < -0.39 is 5.97 Å². The van der Waals surface area contributed by atoms with Crippen LogP contribution in [0.2, 0.25) is 0 Å². The third kappa shape index (κ3) is 5.93. The van der Waals surface area contributed by atoms with Crippen LogP contribution in [-0.2, 0) is 16.1 Å². The summed E-state index contributed by atoms with van der Waals surface area (Å²) in [6.45, 7) is 3.15. The zero-order chi connectivity index (χ0) is 18.9. The van der Waals surface area contributed by atoms with Gasteiger partial charge in [0.25, 0.3) is 0 Å². The molecule has 1 heterocycles. The number of likely N-dealkylation sites (N-methyl/N-ethyl adjacent to an activating group) is 1. The van der Waals surface area contributed by atoms with Crippen LogP contribution < -0.4 is 10.1 Å². The number of hydrogen-bond donors (Lipinski definition) is 1. The smallest absolute Gasteiger partial charge is 0.341 e. The Balaban J connectivity index is 1.71. The van der Waals surface area contributed by atoms with Crippen LogP contribution in [0.4, 0.5) is 0 Å². The van der Waals surface area contributed by atoms with Gasteiger partial charge in [0.05, 0.1) is 26.7 Å². The number of methoxy groups -OCH3 is 1. The molecule has 7 heteroatoms. The molecule has 0 aliphatic rings. The fourth-order valence-corrected chi connectivity index (χ4v) is 2.43. The number of benzene rings is 1. The summed E-state index contributed by atoms with van der Waals surface area (Å²) in [5.74, 6) is 1.33. The second-order valence-corrected chi connectivity index (χ2v) is 5.86. The Hall–Kier alpha value is -2.80. The molecule has 0 fully saturated rings. The van der Waals surface area contributed by atoms with Crippen LogP contribution in [0.3, 0.4) is 0 Å². The largest absolute Gasteiger partial charge is 0.492 e. The van der Waals surface area contributed by atoms with Crippen LogP contribution in [-0.4, -0.2) is 50.6 Å². The molecule has 2 rings (SSSR count). The van der Waals surface area contributed by atoms with Crippen molar-refractivity contribution >= 4 is 11.9 Å². The van der Waals surface area contributed by atoms with Gasteiger partial charge < -0.3 is 19.2 Å². The van der Waals surface area contributed by atoms with E-state index in [1.807, 2.05) is 30.3 Å². The second kappa shape index (κ2) is 9.62. The first-order valence-electron chi connectivity index (χ1n) is 8.30. The van der Waals surface area contributed by atoms with E-state index in [4.69, 9.17) is 13.9 Å². The number of esters is 1. The van der Waals surface area contributed by atoms with Gasteiger partial charge >= 0.3 is 5.97 Å². The van der Waals surface area contributed by atoms with E-state index in [9.17, 15) is 9.59 Å². The van der Waals surface area contributed by atoms with Gasteiger partial charge in [-0.05, 0) is 32.2 Å². The molecule has 1 aromatic heterocycles. The highest BCUT2D eigenvalue weighted by atomic mass is 16.5. The summed E-state index contributed by atoms with van der Waals surface area (Å²) in [5.41, 5.74) is 0.401. The summed E-state index contributed by atoms with van der Waals surface area (Å²) < 4.78 is 15.8. The quantitative estimate of drug-likeness (QED) is 0.544. The molecular weight excluding hydrogens is 336 g/mol. The van der Waals surface area contributed by atoms with Crippen LogP contribution in [0.1, 0.15) is 21.9 Å². The molecule has 0 spiro atoms. The number of aryl methyl sites for hydroxylation is 1. The van der Waals surface area contributed by atoms with Gasteiger partial charge in [0, 0.05) is 0 Å². The lowest BCUT2D eigenvalue weighted by Crippen LogP contribution is -2.36. The molecule has 0 radical (unpaired) electrons. The van der Waals surface area contributed by atoms with Crippen molar-refractivity contribution in [2.45, 2.75) is 13.5 Å². The summed E-state index contributed by atoms with van der Waals surface area (Å²) in [6.07, 6.45) is 0. The molecule has 7 nitrogen and oxygen atoms in total. The summed E-state index contributed by atoms with van der Waals surface area (Å²) in [6, 6.07) is 11.1. The first-order chi connectivity index (χ1) is 12.5. The van der Waals surface area contributed by atoms with Crippen LogP contribution >= 0.6 is 0 Å². The summed E-state index contributed by atoms with van der Waals surface area (Å²) in [4.78, 5) is 25.4. The Morgan fingerprint density at radius 1 is 1.23 bits per heavy atom. The van der Waals surface area contributed by atoms with Crippen LogP contribution in [0, 0.1) is 6.92 Å². The lowest BCUT2D eigenvalue weighted by Gasteiger charge is -2.15. The number of ether oxygens (including phenoxy) is 2. The lowest BCUT2D eigenvalue weighted by atomic mass is 10.2. The summed E-state index contributed by atoms with van der Waals surface area (Å²) in [5, 5.41) is 2.80. The van der Waals surface area contributed by atoms with Crippen molar-refractivity contribution in [3.8, 4) is 5.75 Å². The Labute approximate surface area is 152 Å². The lowest BCUT2D eigenvalue weighted by molar-refractivity contribution is -0.122. The van der Waals surface area contributed by atoms with Crippen molar-refractivity contribution < 1.29 is 23.5 Å². The topological polar surface area (TPSA) is 81.0 Å². The molecule has 0 atom stereocenters. The highest BCUT2D eigenvalue weighted by molar-refractivity contribution is 5.90. The average Bonchev–Trinajstić information content (AvgIpc) is 2.99. The van der Waals surface area contributed by atoms with Crippen molar-refractivity contribution in [1.82, 2.24) is 10.2 Å². The maximum absolute atomic E-state index is 12.0. The van der Waals surface area contributed by atoms with Crippen LogP contribution in [0.15, 0.2) is 40.8 Å². The van der Waals surface area contributed by atoms with Crippen molar-refractivity contribution in [2.24, 2.45) is 0 Å². The van der Waals surface area contributed by atoms with Gasteiger partial charge in [-0.15, -0.1) is 0 Å². The van der Waals surface area contributed by atoms with E-state index in [-0.39, 0.29) is 12.5 Å². The highest BCUT2D eigenvalue weighted by Crippen LogP contribution is 2.16. The van der Waals surface area contributed by atoms with E-state index in [0.717, 1.165) is 5.75 Å². The molecule has 26 heavy (non-hydrogen) atoms. The molecule has 0 bridgehead atoms. The Morgan fingerprint density at radius 2 is 1.96 bits per heavy atom. The number of furan rings is 1. The predicted molar refractivity (Wildman–Crippen MR) is 96.1 cm³/mol. The molecule has 0 saturated heterocycles. The SMILES string of the molecule is COC(=O)c1cc(CN(C)CC(=O)NCCOc2ccccc2)oc1C. The van der Waals surface area contributed by atoms with Crippen molar-refractivity contribution in [3.63, 3.8) is 0 Å². The van der Waals surface area contributed by atoms with Gasteiger partial charge in [-0.25, -0.2) is 4.79 Å². The zero-order valence-corrected chi connectivity index (χ0v) is 15.3. The first-order valence-corrected chi connectivity index (χ1v) is 8.30. The number of carbonyl (C=O) groups is 2. The first kappa shape index (κ1) is 19.5. The number of amides is 1. The molecule has 0 saturated carbocycles. The molecule has 140 valence electrons. The molecule has 0 unspecified atom stereocenters. The van der Waals surface area contributed by atoms with E-state index in [2.05, 4.69) is 5.32 Å². The standard InChI is InChI=1S/C19H24N2O5/c1-14-17(19(23)24-3)11-16(26-14)12-21(2)13-18(22)20-9-10-25-15-7-5-4-6-8-15/h4-8,11H,9-10,12-13H2,1-3H3,(H,20,22). The van der Waals surface area contributed by atoms with Crippen LogP contribution in [0.25, 0.3) is 0 Å². The summed E-state index contributed by atoms with van der Waals surface area (Å²) >= 11 is 0. The van der Waals surface area contributed by atoms with E-state index >= 15 is 0 Å². The van der Waals surface area contributed by atoms with Gasteiger partial charge in [0.1, 0.15) is 29.4 Å². The number of nitrogens with zero attached hydrogens (tertiary/aromatic N) is 1. The number of hydrogen-bond acceptors (Lipinski definition) is 6. The third-order valence-corrected chi connectivity index (χ3v) is 3.65. The number of para-hydroxylation sites is 1. The molecule has 2 aromatic rings. The van der Waals surface area contributed by atoms with E-state index in [0.29, 0.717) is 36.8 Å². The maximum atomic E-state index is 12.0. The predicted octanol–water partition coefficient (Wildman–Crippen LogP) is 2.00. The van der Waals surface area contributed by atoms with Gasteiger partial charge in [-0.2, -0.15) is 0 Å². The fourth-order valence-electron chi connectivity index (χ4n) is 2.43. The van der Waals surface area contributed by atoms with E-state index in [1.54, 1.807) is 24.9 Å². The number of carbonyl (C=O) groups excluding carboxylic acids is 2. The fraction of sp³-hybridized carbons (Fsp3) is 0.368. The summed E-state index contributed by atoms with van der Waals surface area (Å²) in [7, 11) is 3.13.